The molecule has 0 bridgehead atoms. The van der Waals surface area contributed by atoms with E-state index in [1.54, 1.807) is 0 Å². The van der Waals surface area contributed by atoms with E-state index in [9.17, 15) is 0 Å². The van der Waals surface area contributed by atoms with Crippen LogP contribution in [0.1, 0.15) is 57.6 Å². The maximum Gasteiger partial charge on any atom is 0.242 e. The lowest BCUT2D eigenvalue weighted by molar-refractivity contribution is 0.557. The zero-order valence-corrected chi connectivity index (χ0v) is 19.1. The molecule has 3 heterocycles. The number of hydrogen-bond acceptors (Lipinski definition) is 5. The van der Waals surface area contributed by atoms with E-state index >= 15 is 0 Å². The van der Waals surface area contributed by atoms with E-state index in [0.29, 0.717) is 17.7 Å². The third kappa shape index (κ3) is 4.54. The van der Waals surface area contributed by atoms with Crippen molar-refractivity contribution in [1.82, 2.24) is 40.0 Å². The summed E-state index contributed by atoms with van der Waals surface area (Å²) >= 11 is 6.06. The predicted molar refractivity (Wildman–Crippen MR) is 120 cm³/mol. The van der Waals surface area contributed by atoms with Crippen LogP contribution >= 0.6 is 11.6 Å². The maximum atomic E-state index is 6.06. The molecule has 0 saturated heterocycles. The van der Waals surface area contributed by atoms with Crippen LogP contribution in [0.4, 0.5) is 0 Å². The van der Waals surface area contributed by atoms with Crippen molar-refractivity contribution in [1.29, 1.82) is 0 Å². The molecule has 0 aliphatic carbocycles. The van der Waals surface area contributed by atoms with Gasteiger partial charge in [0.25, 0.3) is 0 Å². The molecule has 0 radical (unpaired) electrons. The smallest absolute Gasteiger partial charge is 0.242 e. The Balaban J connectivity index is 1.66. The van der Waals surface area contributed by atoms with Gasteiger partial charge in [-0.3, -0.25) is 0 Å². The third-order valence-electron chi connectivity index (χ3n) is 5.23. The number of aryl methyl sites for hydroxylation is 1. The van der Waals surface area contributed by atoms with Crippen LogP contribution in [0.5, 0.6) is 0 Å². The quantitative estimate of drug-likeness (QED) is 0.455. The number of aromatic nitrogens is 8. The molecule has 9 heteroatoms. The van der Waals surface area contributed by atoms with E-state index in [-0.39, 0.29) is 5.41 Å². The van der Waals surface area contributed by atoms with Crippen LogP contribution in [0.2, 0.25) is 5.28 Å². The van der Waals surface area contributed by atoms with Crippen molar-refractivity contribution in [3.63, 3.8) is 0 Å². The third-order valence-corrected chi connectivity index (χ3v) is 5.39. The first-order valence-electron chi connectivity index (χ1n) is 10.5. The molecule has 1 aromatic carbocycles. The van der Waals surface area contributed by atoms with E-state index in [1.807, 2.05) is 10.7 Å². The van der Waals surface area contributed by atoms with Gasteiger partial charge in [0.15, 0.2) is 0 Å². The van der Waals surface area contributed by atoms with Gasteiger partial charge >= 0.3 is 0 Å². The van der Waals surface area contributed by atoms with Crippen LogP contribution in [-0.4, -0.2) is 40.0 Å². The van der Waals surface area contributed by atoms with Gasteiger partial charge in [-0.1, -0.05) is 46.2 Å². The molecule has 1 N–H and O–H groups in total. The first kappa shape index (κ1) is 21.2. The van der Waals surface area contributed by atoms with Gasteiger partial charge in [0.05, 0.1) is 12.2 Å². The number of halogens is 1. The Hall–Kier alpha value is -3.00. The van der Waals surface area contributed by atoms with Gasteiger partial charge in [-0.2, -0.15) is 5.21 Å². The van der Waals surface area contributed by atoms with Gasteiger partial charge in [0.2, 0.25) is 11.1 Å². The second kappa shape index (κ2) is 8.63. The van der Waals surface area contributed by atoms with Crippen LogP contribution < -0.4 is 0 Å². The van der Waals surface area contributed by atoms with Crippen molar-refractivity contribution in [3.05, 3.63) is 58.8 Å². The fourth-order valence-corrected chi connectivity index (χ4v) is 3.85. The Morgan fingerprint density at radius 3 is 2.48 bits per heavy atom. The minimum Gasteiger partial charge on any atom is -0.310 e. The van der Waals surface area contributed by atoms with Crippen LogP contribution in [0.15, 0.2) is 36.4 Å². The number of rotatable bonds is 7. The summed E-state index contributed by atoms with van der Waals surface area (Å²) in [5, 5.41) is 19.3. The topological polar surface area (TPSA) is 90.1 Å². The second-order valence-corrected chi connectivity index (χ2v) is 8.99. The number of nitrogens with one attached hydrogen (secondary N) is 1. The van der Waals surface area contributed by atoms with Gasteiger partial charge in [0, 0.05) is 23.2 Å². The Labute approximate surface area is 186 Å². The Morgan fingerprint density at radius 2 is 1.84 bits per heavy atom. The second-order valence-electron chi connectivity index (χ2n) is 8.65. The largest absolute Gasteiger partial charge is 0.310 e. The molecule has 0 aliphatic heterocycles. The highest BCUT2D eigenvalue weighted by molar-refractivity contribution is 6.28. The highest BCUT2D eigenvalue weighted by Gasteiger charge is 2.23. The van der Waals surface area contributed by atoms with E-state index in [1.165, 1.54) is 5.69 Å². The number of H-pyrrole nitrogens is 1. The summed E-state index contributed by atoms with van der Waals surface area (Å²) in [5.74, 6) is 1.49. The first-order chi connectivity index (χ1) is 14.9. The lowest BCUT2D eigenvalue weighted by atomic mass is 9.92. The molecule has 8 nitrogen and oxygen atoms in total. The fourth-order valence-electron chi connectivity index (χ4n) is 3.66. The van der Waals surface area contributed by atoms with E-state index in [4.69, 9.17) is 11.6 Å². The molecular weight excluding hydrogens is 412 g/mol. The molecule has 0 amide bonds. The maximum absolute atomic E-state index is 6.06. The molecule has 0 fully saturated rings. The normalized spacial score (nSPS) is 11.9. The zero-order chi connectivity index (χ0) is 22.0. The average Bonchev–Trinajstić information content (AvgIpc) is 3.46. The molecule has 0 aliphatic rings. The van der Waals surface area contributed by atoms with Crippen molar-refractivity contribution < 1.29 is 0 Å². The Bertz CT molecular complexity index is 1130. The van der Waals surface area contributed by atoms with E-state index in [2.05, 4.69) is 93.3 Å². The van der Waals surface area contributed by atoms with Crippen LogP contribution in [-0.2, 0) is 18.4 Å². The molecular formula is C22H27ClN8. The van der Waals surface area contributed by atoms with Crippen molar-refractivity contribution in [2.24, 2.45) is 0 Å². The minimum atomic E-state index is -0.0493. The molecule has 3 aromatic heterocycles. The average molecular weight is 439 g/mol. The van der Waals surface area contributed by atoms with E-state index < -0.39 is 0 Å². The van der Waals surface area contributed by atoms with Crippen LogP contribution in [0.25, 0.3) is 17.2 Å². The highest BCUT2D eigenvalue weighted by atomic mass is 35.5. The molecule has 0 atom stereocenters. The number of nitrogens with zero attached hydrogens (tertiary/aromatic N) is 7. The fraction of sp³-hybridized carbons (Fsp3) is 0.409. The van der Waals surface area contributed by atoms with Gasteiger partial charge in [-0.05, 0) is 53.1 Å². The molecule has 162 valence electrons. The summed E-state index contributed by atoms with van der Waals surface area (Å²) in [4.78, 5) is 4.37. The Kier molecular flexibility index (Phi) is 5.91. The predicted octanol–water partition coefficient (Wildman–Crippen LogP) is 4.59. The van der Waals surface area contributed by atoms with Crippen LogP contribution in [0.3, 0.4) is 0 Å². The minimum absolute atomic E-state index is 0.0493. The standard InChI is InChI=1S/C22H27ClN8/c1-5-6-7-19-24-21(23)27-30(19)14-15-8-10-16(11-9-15)31-17(20-25-28-29-26-20)12-13-18(31)22(2,3)4/h8-13H,5-7,14H2,1-4H3,(H,25,26,28,29). The lowest BCUT2D eigenvalue weighted by Crippen LogP contribution is -2.17. The number of benzene rings is 1. The van der Waals surface area contributed by atoms with Gasteiger partial charge in [-0.25, -0.2) is 9.67 Å². The molecule has 0 spiro atoms. The Morgan fingerprint density at radius 1 is 1.06 bits per heavy atom. The zero-order valence-electron chi connectivity index (χ0n) is 18.3. The lowest BCUT2D eigenvalue weighted by Gasteiger charge is -2.23. The van der Waals surface area contributed by atoms with Crippen molar-refractivity contribution >= 4 is 11.6 Å². The number of aromatic amines is 1. The van der Waals surface area contributed by atoms with Gasteiger partial charge in [-0.15, -0.1) is 15.3 Å². The van der Waals surface area contributed by atoms with Gasteiger partial charge < -0.3 is 4.57 Å². The molecule has 0 saturated carbocycles. The summed E-state index contributed by atoms with van der Waals surface area (Å²) in [5.41, 5.74) is 4.20. The van der Waals surface area contributed by atoms with Gasteiger partial charge in [0.1, 0.15) is 5.82 Å². The summed E-state index contributed by atoms with van der Waals surface area (Å²) in [6.07, 6.45) is 3.05. The molecule has 31 heavy (non-hydrogen) atoms. The number of hydrogen-bond donors (Lipinski definition) is 1. The summed E-state index contributed by atoms with van der Waals surface area (Å²) < 4.78 is 4.08. The summed E-state index contributed by atoms with van der Waals surface area (Å²) in [7, 11) is 0. The SMILES string of the molecule is CCCCc1nc(Cl)nn1Cc1ccc(-n2c(-c3nn[nH]n3)ccc2C(C)(C)C)cc1. The molecule has 4 aromatic rings. The van der Waals surface area contributed by atoms with E-state index in [0.717, 1.165) is 42.0 Å². The van der Waals surface area contributed by atoms with Crippen molar-refractivity contribution in [3.8, 4) is 17.2 Å². The summed E-state index contributed by atoms with van der Waals surface area (Å²) in [6.45, 7) is 9.38. The molecule has 0 unspecified atom stereocenters. The first-order valence-corrected chi connectivity index (χ1v) is 10.9. The highest BCUT2D eigenvalue weighted by Crippen LogP contribution is 2.31. The molecule has 4 rings (SSSR count). The summed E-state index contributed by atoms with van der Waals surface area (Å²) in [6, 6.07) is 12.6. The monoisotopic (exact) mass is 438 g/mol. The van der Waals surface area contributed by atoms with Crippen molar-refractivity contribution in [2.75, 3.05) is 0 Å². The van der Waals surface area contributed by atoms with Crippen molar-refractivity contribution in [2.45, 2.75) is 58.9 Å². The number of unbranched alkanes of at least 4 members (excludes halogenated alkanes) is 1. The number of tetrazole rings is 1. The van der Waals surface area contributed by atoms with Crippen LogP contribution in [0, 0.1) is 0 Å².